The van der Waals surface area contributed by atoms with Crippen molar-refractivity contribution in [1.29, 1.82) is 0 Å². The molecule has 0 unspecified atom stereocenters. The number of hydrogen-bond acceptors (Lipinski definition) is 8. The third-order valence-electron chi connectivity index (χ3n) is 7.45. The Hall–Kier alpha value is -4.63. The van der Waals surface area contributed by atoms with Gasteiger partial charge in [0.2, 0.25) is 0 Å². The quantitative estimate of drug-likeness (QED) is 0.206. The van der Waals surface area contributed by atoms with Gasteiger partial charge in [-0.15, -0.1) is 5.06 Å². The molecule has 0 N–H and O–H groups in total. The Labute approximate surface area is 244 Å². The zero-order valence-electron chi connectivity index (χ0n) is 24.4. The Morgan fingerprint density at radius 3 is 2.62 bits per heavy atom. The Morgan fingerprint density at radius 1 is 1.00 bits per heavy atom. The van der Waals surface area contributed by atoms with Gasteiger partial charge >= 0.3 is 6.16 Å². The molecule has 0 spiro atoms. The zero-order chi connectivity index (χ0) is 29.6. The molecule has 4 aromatic rings. The lowest BCUT2D eigenvalue weighted by Gasteiger charge is -2.39. The average Bonchev–Trinajstić information content (AvgIpc) is 3.27. The molecule has 0 atom stereocenters. The number of aromatic nitrogens is 2. The zero-order valence-corrected chi connectivity index (χ0v) is 24.4. The molecular weight excluding hydrogens is 530 g/mol. The molecule has 2 aliphatic rings. The van der Waals surface area contributed by atoms with E-state index in [0.717, 1.165) is 33.3 Å². The first-order valence-corrected chi connectivity index (χ1v) is 14.0. The molecule has 214 valence electrons. The number of rotatable bonds is 4. The molecule has 0 fully saturated rings. The molecular formula is C33H33N5O4. The van der Waals surface area contributed by atoms with E-state index < -0.39 is 11.8 Å². The van der Waals surface area contributed by atoms with Gasteiger partial charge in [-0.1, -0.05) is 32.0 Å². The van der Waals surface area contributed by atoms with Crippen LogP contribution in [0.3, 0.4) is 0 Å². The highest BCUT2D eigenvalue weighted by Crippen LogP contribution is 2.39. The molecule has 6 rings (SSSR count). The summed E-state index contributed by atoms with van der Waals surface area (Å²) < 4.78 is 5.36. The summed E-state index contributed by atoms with van der Waals surface area (Å²) in [4.78, 5) is 46.9. The molecule has 9 nitrogen and oxygen atoms in total. The van der Waals surface area contributed by atoms with E-state index in [1.165, 1.54) is 0 Å². The van der Waals surface area contributed by atoms with Crippen molar-refractivity contribution in [3.05, 3.63) is 94.8 Å². The van der Waals surface area contributed by atoms with Crippen molar-refractivity contribution in [3.63, 3.8) is 0 Å². The lowest BCUT2D eigenvalue weighted by atomic mass is 9.79. The molecule has 9 heteroatoms. The second kappa shape index (κ2) is 10.3. The van der Waals surface area contributed by atoms with Crippen LogP contribution in [0.1, 0.15) is 67.2 Å². The van der Waals surface area contributed by atoms with Crippen LogP contribution >= 0.6 is 0 Å². The van der Waals surface area contributed by atoms with Crippen LogP contribution in [0.5, 0.6) is 0 Å². The summed E-state index contributed by atoms with van der Waals surface area (Å²) in [5.41, 5.74) is 5.66. The minimum atomic E-state index is -0.729. The van der Waals surface area contributed by atoms with E-state index in [9.17, 15) is 9.59 Å². The topological polar surface area (TPSA) is 97.2 Å². The lowest BCUT2D eigenvalue weighted by molar-refractivity contribution is -0.160. The SMILES string of the molecule is CC(C)(C)OC(=O)ON1Cc2cc(N3Cc4cccc(N=Cc5ccnc6ncccc56)c4C3=O)ccc2C(C)(C)C1. The van der Waals surface area contributed by atoms with Crippen LogP contribution in [0.15, 0.2) is 72.0 Å². The van der Waals surface area contributed by atoms with Crippen molar-refractivity contribution in [2.75, 3.05) is 11.4 Å². The summed E-state index contributed by atoms with van der Waals surface area (Å²) in [5.74, 6) is -0.101. The standard InChI is InChI=1S/C33H33N5O4/c1-32(2,3)41-31(40)42-37-18-23-16-24(11-12-26(23)33(4,5)20-37)38-19-22-8-6-10-27(28(22)30(38)39)36-17-21-13-15-35-29-25(21)9-7-14-34-29/h6-17H,18-20H2,1-5H3. The van der Waals surface area contributed by atoms with E-state index in [0.29, 0.717) is 36.5 Å². The van der Waals surface area contributed by atoms with E-state index in [4.69, 9.17) is 14.6 Å². The fraction of sp³-hybridized carbons (Fsp3) is 0.303. The number of benzene rings is 2. The van der Waals surface area contributed by atoms with Crippen molar-refractivity contribution < 1.29 is 19.2 Å². The summed E-state index contributed by atoms with van der Waals surface area (Å²) in [7, 11) is 0. The van der Waals surface area contributed by atoms with Gasteiger partial charge in [0.1, 0.15) is 5.60 Å². The maximum Gasteiger partial charge on any atom is 0.528 e. The molecule has 0 aliphatic carbocycles. The van der Waals surface area contributed by atoms with Crippen LogP contribution in [0.2, 0.25) is 0 Å². The van der Waals surface area contributed by atoms with Crippen LogP contribution in [-0.2, 0) is 28.1 Å². The van der Waals surface area contributed by atoms with Gasteiger partial charge in [-0.05, 0) is 73.9 Å². The average molecular weight is 564 g/mol. The third-order valence-corrected chi connectivity index (χ3v) is 7.45. The van der Waals surface area contributed by atoms with Crippen LogP contribution in [0, 0.1) is 0 Å². The van der Waals surface area contributed by atoms with E-state index in [-0.39, 0.29) is 11.3 Å². The van der Waals surface area contributed by atoms with E-state index >= 15 is 0 Å². The molecule has 0 bridgehead atoms. The normalized spacial score (nSPS) is 16.5. The van der Waals surface area contributed by atoms with E-state index in [1.54, 1.807) is 49.3 Å². The lowest BCUT2D eigenvalue weighted by Crippen LogP contribution is -2.43. The number of fused-ring (bicyclic) bond motifs is 3. The number of hydrogen-bond donors (Lipinski definition) is 0. The van der Waals surface area contributed by atoms with E-state index in [1.807, 2.05) is 48.5 Å². The van der Waals surface area contributed by atoms with Gasteiger partial charge in [0.15, 0.2) is 5.65 Å². The molecule has 42 heavy (non-hydrogen) atoms. The number of pyridine rings is 2. The van der Waals surface area contributed by atoms with Crippen molar-refractivity contribution >= 4 is 40.7 Å². The van der Waals surface area contributed by atoms with Crippen LogP contribution in [-0.4, -0.2) is 45.5 Å². The van der Waals surface area contributed by atoms with Gasteiger partial charge in [0.05, 0.1) is 24.3 Å². The third kappa shape index (κ3) is 5.35. The largest absolute Gasteiger partial charge is 0.528 e. The molecule has 1 amide bonds. The van der Waals surface area contributed by atoms with Gasteiger partial charge in [-0.25, -0.2) is 14.8 Å². The second-order valence-electron chi connectivity index (χ2n) is 12.3. The number of ether oxygens (including phenoxy) is 1. The first kappa shape index (κ1) is 27.5. The molecule has 0 saturated carbocycles. The van der Waals surface area contributed by atoms with Gasteiger partial charge < -0.3 is 14.5 Å². The molecule has 4 heterocycles. The summed E-state index contributed by atoms with van der Waals surface area (Å²) in [5, 5.41) is 2.53. The monoisotopic (exact) mass is 563 g/mol. The summed E-state index contributed by atoms with van der Waals surface area (Å²) >= 11 is 0. The minimum Gasteiger partial charge on any atom is -0.427 e. The first-order valence-electron chi connectivity index (χ1n) is 14.0. The second-order valence-corrected chi connectivity index (χ2v) is 12.3. The Balaban J connectivity index is 1.26. The van der Waals surface area contributed by atoms with Gasteiger partial charge in [-0.2, -0.15) is 0 Å². The number of hydroxylamine groups is 2. The number of carbonyl (C=O) groups excluding carboxylic acids is 2. The molecule has 2 aromatic carbocycles. The van der Waals surface area contributed by atoms with Crippen LogP contribution in [0.25, 0.3) is 11.0 Å². The summed E-state index contributed by atoms with van der Waals surface area (Å²) in [6, 6.07) is 17.5. The number of carbonyl (C=O) groups is 2. The Morgan fingerprint density at radius 2 is 1.81 bits per heavy atom. The maximum absolute atomic E-state index is 13.8. The number of amides is 1. The summed E-state index contributed by atoms with van der Waals surface area (Å²) in [6.07, 6.45) is 4.45. The fourth-order valence-corrected chi connectivity index (χ4v) is 5.66. The molecule has 2 aliphatic heterocycles. The number of anilines is 1. The van der Waals surface area contributed by atoms with Crippen molar-refractivity contribution in [2.24, 2.45) is 4.99 Å². The van der Waals surface area contributed by atoms with Gasteiger partial charge in [0, 0.05) is 47.2 Å². The van der Waals surface area contributed by atoms with Gasteiger partial charge in [0.25, 0.3) is 5.91 Å². The predicted octanol–water partition coefficient (Wildman–Crippen LogP) is 6.50. The van der Waals surface area contributed by atoms with Crippen molar-refractivity contribution in [1.82, 2.24) is 15.0 Å². The van der Waals surface area contributed by atoms with Crippen molar-refractivity contribution in [2.45, 2.75) is 58.7 Å². The highest BCUT2D eigenvalue weighted by Gasteiger charge is 2.36. The van der Waals surface area contributed by atoms with E-state index in [2.05, 4.69) is 29.9 Å². The highest BCUT2D eigenvalue weighted by atomic mass is 16.8. The van der Waals surface area contributed by atoms with Crippen LogP contribution in [0.4, 0.5) is 16.2 Å². The number of aliphatic imine (C=N–C) groups is 1. The maximum atomic E-state index is 13.8. The smallest absolute Gasteiger partial charge is 0.427 e. The van der Waals surface area contributed by atoms with Crippen molar-refractivity contribution in [3.8, 4) is 0 Å². The Bertz CT molecular complexity index is 1740. The first-order chi connectivity index (χ1) is 20.0. The molecule has 0 saturated heterocycles. The summed E-state index contributed by atoms with van der Waals surface area (Å²) in [6.45, 7) is 11.0. The Kier molecular flexibility index (Phi) is 6.77. The van der Waals surface area contributed by atoms with Crippen LogP contribution < -0.4 is 4.90 Å². The number of nitrogens with zero attached hydrogens (tertiary/aromatic N) is 5. The van der Waals surface area contributed by atoms with Gasteiger partial charge in [-0.3, -0.25) is 9.79 Å². The molecule has 2 aromatic heterocycles. The molecule has 0 radical (unpaired) electrons. The predicted molar refractivity (Wildman–Crippen MR) is 161 cm³/mol. The highest BCUT2D eigenvalue weighted by molar-refractivity contribution is 6.13. The fourth-order valence-electron chi connectivity index (χ4n) is 5.66. The minimum absolute atomic E-state index is 0.101.